The number of amides is 1. The minimum atomic E-state index is -0.963. The molecule has 200 valence electrons. The van der Waals surface area contributed by atoms with E-state index in [0.29, 0.717) is 35.6 Å². The van der Waals surface area contributed by atoms with Crippen LogP contribution in [-0.4, -0.2) is 41.8 Å². The number of rotatable bonds is 8. The normalized spacial score (nSPS) is 16.8. The average molecular weight is 525 g/mol. The fraction of sp³-hybridized carbons (Fsp3) is 0.429. The second-order valence-corrected chi connectivity index (χ2v) is 10.2. The monoisotopic (exact) mass is 524 g/mol. The van der Waals surface area contributed by atoms with Crippen molar-refractivity contribution in [1.29, 1.82) is 0 Å². The topological polar surface area (TPSA) is 97.6 Å². The number of nitrogens with one attached hydrogen (secondary N) is 1. The number of anilines is 2. The van der Waals surface area contributed by atoms with Crippen LogP contribution in [-0.2, 0) is 16.0 Å². The van der Waals surface area contributed by atoms with E-state index in [1.807, 2.05) is 31.2 Å². The molecule has 0 unspecified atom stereocenters. The lowest BCUT2D eigenvalue weighted by atomic mass is 9.57. The summed E-state index contributed by atoms with van der Waals surface area (Å²) in [7, 11) is 0. The molecule has 3 aromatic rings. The summed E-state index contributed by atoms with van der Waals surface area (Å²) in [4.78, 5) is 26.6. The minimum absolute atomic E-state index is 0.0787. The summed E-state index contributed by atoms with van der Waals surface area (Å²) in [6.45, 7) is 4.19. The summed E-state index contributed by atoms with van der Waals surface area (Å²) in [5.74, 6) is -2.18. The van der Waals surface area contributed by atoms with Gasteiger partial charge in [0.15, 0.2) is 11.6 Å². The van der Waals surface area contributed by atoms with E-state index in [9.17, 15) is 18.4 Å². The number of hydrogen-bond donors (Lipinski definition) is 1. The largest absolute Gasteiger partial charge is 0.466 e. The van der Waals surface area contributed by atoms with E-state index >= 15 is 0 Å². The Morgan fingerprint density at radius 2 is 1.82 bits per heavy atom. The number of ether oxygens (including phenoxy) is 1. The van der Waals surface area contributed by atoms with Crippen LogP contribution in [0.1, 0.15) is 61.2 Å². The van der Waals surface area contributed by atoms with Gasteiger partial charge in [0.25, 0.3) is 0 Å². The lowest BCUT2D eigenvalue weighted by Crippen LogP contribution is -2.47. The lowest BCUT2D eigenvalue weighted by molar-refractivity contribution is -0.146. The third-order valence-electron chi connectivity index (χ3n) is 7.52. The minimum Gasteiger partial charge on any atom is -0.466 e. The maximum atomic E-state index is 13.4. The number of halogens is 2. The van der Waals surface area contributed by atoms with Crippen LogP contribution in [0.5, 0.6) is 0 Å². The summed E-state index contributed by atoms with van der Waals surface area (Å²) in [6.07, 6.45) is 5.02. The molecular weight excluding hydrogens is 494 g/mol. The van der Waals surface area contributed by atoms with E-state index in [4.69, 9.17) is 9.15 Å². The van der Waals surface area contributed by atoms with Crippen molar-refractivity contribution in [1.82, 2.24) is 10.2 Å². The molecule has 0 radical (unpaired) electrons. The first kappa shape index (κ1) is 25.8. The smallest absolute Gasteiger partial charge is 0.313 e. The van der Waals surface area contributed by atoms with Gasteiger partial charge in [0, 0.05) is 30.9 Å². The fourth-order valence-corrected chi connectivity index (χ4v) is 5.59. The van der Waals surface area contributed by atoms with Crippen molar-refractivity contribution >= 4 is 23.3 Å². The molecular formula is C28H30F2N4O4. The van der Waals surface area contributed by atoms with Gasteiger partial charge in [0.05, 0.1) is 13.0 Å². The van der Waals surface area contributed by atoms with Crippen LogP contribution >= 0.6 is 0 Å². The van der Waals surface area contributed by atoms with Gasteiger partial charge in [0.1, 0.15) is 0 Å². The third-order valence-corrected chi connectivity index (χ3v) is 7.52. The summed E-state index contributed by atoms with van der Waals surface area (Å²) in [5.41, 5.74) is 2.49. The predicted octanol–water partition coefficient (Wildman–Crippen LogP) is 5.14. The van der Waals surface area contributed by atoms with Crippen molar-refractivity contribution < 1.29 is 27.5 Å². The molecule has 1 saturated carbocycles. The van der Waals surface area contributed by atoms with E-state index in [0.717, 1.165) is 56.6 Å². The molecule has 0 bridgehead atoms. The number of benzene rings is 2. The first-order chi connectivity index (χ1) is 18.3. The molecule has 1 aliphatic carbocycles. The SMILES string of the molecule is CCOC(=O)CC1CC2(CCN(c3ccc(NC(=O)c4nnc(Cc5ccc(F)c(F)c5)o4)cc3)CC2)C1. The predicted molar refractivity (Wildman–Crippen MR) is 136 cm³/mol. The number of esters is 1. The van der Waals surface area contributed by atoms with Gasteiger partial charge in [-0.15, -0.1) is 10.2 Å². The number of hydrogen-bond acceptors (Lipinski definition) is 7. The zero-order chi connectivity index (χ0) is 26.7. The number of carbonyl (C=O) groups excluding carboxylic acids is 2. The number of aromatic nitrogens is 2. The molecule has 1 N–H and O–H groups in total. The molecule has 1 amide bonds. The van der Waals surface area contributed by atoms with Crippen molar-refractivity contribution in [3.63, 3.8) is 0 Å². The van der Waals surface area contributed by atoms with Gasteiger partial charge in [-0.25, -0.2) is 8.78 Å². The lowest BCUT2D eigenvalue weighted by Gasteiger charge is -2.52. The van der Waals surface area contributed by atoms with Crippen LogP contribution in [0.2, 0.25) is 0 Å². The van der Waals surface area contributed by atoms with E-state index < -0.39 is 17.5 Å². The second-order valence-electron chi connectivity index (χ2n) is 10.2. The molecule has 0 atom stereocenters. The number of piperidine rings is 1. The molecule has 10 heteroatoms. The zero-order valence-corrected chi connectivity index (χ0v) is 21.2. The maximum Gasteiger partial charge on any atom is 0.313 e. The average Bonchev–Trinajstić information content (AvgIpc) is 3.35. The van der Waals surface area contributed by atoms with E-state index in [1.54, 1.807) is 0 Å². The highest BCUT2D eigenvalue weighted by atomic mass is 19.2. The maximum absolute atomic E-state index is 13.4. The molecule has 5 rings (SSSR count). The van der Waals surface area contributed by atoms with Crippen molar-refractivity contribution in [3.05, 3.63) is 71.4 Å². The van der Waals surface area contributed by atoms with Crippen LogP contribution in [0.4, 0.5) is 20.2 Å². The van der Waals surface area contributed by atoms with Crippen molar-refractivity contribution in [2.24, 2.45) is 11.3 Å². The van der Waals surface area contributed by atoms with Gasteiger partial charge in [-0.05, 0) is 85.9 Å². The van der Waals surface area contributed by atoms with E-state index in [2.05, 4.69) is 20.4 Å². The molecule has 1 aliphatic heterocycles. The quantitative estimate of drug-likeness (QED) is 0.408. The third kappa shape index (κ3) is 5.84. The highest BCUT2D eigenvalue weighted by Crippen LogP contribution is 2.54. The van der Waals surface area contributed by atoms with Crippen molar-refractivity contribution in [3.8, 4) is 0 Å². The first-order valence-corrected chi connectivity index (χ1v) is 12.9. The number of nitrogens with zero attached hydrogens (tertiary/aromatic N) is 3. The Labute approximate surface area is 219 Å². The summed E-state index contributed by atoms with van der Waals surface area (Å²) >= 11 is 0. The van der Waals surface area contributed by atoms with Gasteiger partial charge >= 0.3 is 17.8 Å². The van der Waals surface area contributed by atoms with Crippen LogP contribution in [0.15, 0.2) is 46.9 Å². The fourth-order valence-electron chi connectivity index (χ4n) is 5.59. The van der Waals surface area contributed by atoms with Crippen LogP contribution in [0, 0.1) is 23.0 Å². The second kappa shape index (κ2) is 10.9. The highest BCUT2D eigenvalue weighted by molar-refractivity contribution is 6.00. The Kier molecular flexibility index (Phi) is 7.40. The van der Waals surface area contributed by atoms with Crippen molar-refractivity contribution in [2.75, 3.05) is 29.9 Å². The van der Waals surface area contributed by atoms with Crippen LogP contribution in [0.25, 0.3) is 0 Å². The summed E-state index contributed by atoms with van der Waals surface area (Å²) in [6, 6.07) is 11.1. The van der Waals surface area contributed by atoms with Gasteiger partial charge < -0.3 is 19.4 Å². The molecule has 2 fully saturated rings. The van der Waals surface area contributed by atoms with Gasteiger partial charge in [-0.1, -0.05) is 6.07 Å². The molecule has 2 aliphatic rings. The van der Waals surface area contributed by atoms with Gasteiger partial charge in [-0.2, -0.15) is 0 Å². The molecule has 1 saturated heterocycles. The van der Waals surface area contributed by atoms with Crippen LogP contribution in [0.3, 0.4) is 0 Å². The first-order valence-electron chi connectivity index (χ1n) is 12.9. The number of carbonyl (C=O) groups is 2. The Balaban J connectivity index is 1.10. The standard InChI is InChI=1S/C28H30F2N4O4/c1-2-37-25(35)15-19-16-28(17-19)9-11-34(12-10-28)21-6-4-20(5-7-21)31-26(36)27-33-32-24(38-27)14-18-3-8-22(29)23(30)13-18/h3-8,13,19H,2,9-12,14-17H2,1H3,(H,31,36). The molecule has 1 spiro atoms. The Morgan fingerprint density at radius 3 is 2.50 bits per heavy atom. The van der Waals surface area contributed by atoms with E-state index in [1.165, 1.54) is 6.07 Å². The van der Waals surface area contributed by atoms with Gasteiger partial charge in [-0.3, -0.25) is 9.59 Å². The summed E-state index contributed by atoms with van der Waals surface area (Å²) in [5, 5.41) is 10.3. The van der Waals surface area contributed by atoms with E-state index in [-0.39, 0.29) is 24.2 Å². The van der Waals surface area contributed by atoms with Gasteiger partial charge in [0.2, 0.25) is 5.89 Å². The van der Waals surface area contributed by atoms with Crippen molar-refractivity contribution in [2.45, 2.75) is 45.4 Å². The Bertz CT molecular complexity index is 1290. The molecule has 1 aromatic heterocycles. The van der Waals surface area contributed by atoms with Crippen LogP contribution < -0.4 is 10.2 Å². The molecule has 2 aromatic carbocycles. The highest BCUT2D eigenvalue weighted by Gasteiger charge is 2.46. The Morgan fingerprint density at radius 1 is 1.08 bits per heavy atom. The molecule has 8 nitrogen and oxygen atoms in total. The molecule has 38 heavy (non-hydrogen) atoms. The summed E-state index contributed by atoms with van der Waals surface area (Å²) < 4.78 is 37.0. The Hall–Kier alpha value is -3.82. The molecule has 2 heterocycles. The zero-order valence-electron chi connectivity index (χ0n) is 21.2.